The van der Waals surface area contributed by atoms with E-state index in [0.717, 1.165) is 19.3 Å². The molecule has 0 bridgehead atoms. The van der Waals surface area contributed by atoms with Gasteiger partial charge in [0.25, 0.3) is 11.1 Å². The lowest BCUT2D eigenvalue weighted by Crippen LogP contribution is -2.30. The number of H-pyrrole nitrogens is 3. The average molecular weight is 500 g/mol. The van der Waals surface area contributed by atoms with Crippen LogP contribution < -0.4 is 22.5 Å². The van der Waals surface area contributed by atoms with Crippen LogP contribution in [0.3, 0.4) is 0 Å². The Kier molecular flexibility index (Phi) is 11.2. The fraction of sp³-hybridized carbons (Fsp3) is 0.667. The van der Waals surface area contributed by atoms with Crippen molar-refractivity contribution in [1.82, 2.24) is 24.5 Å². The summed E-state index contributed by atoms with van der Waals surface area (Å²) in [6, 6.07) is 1.37. The largest absolute Gasteiger partial charge is 0.349 e. The summed E-state index contributed by atoms with van der Waals surface area (Å²) in [5.41, 5.74) is -2.15. The van der Waals surface area contributed by atoms with E-state index in [1.165, 1.54) is 89.5 Å². The maximum atomic E-state index is 12.3. The van der Waals surface area contributed by atoms with Gasteiger partial charge in [0, 0.05) is 6.54 Å². The molecule has 0 saturated heterocycles. The van der Waals surface area contributed by atoms with E-state index in [4.69, 9.17) is 0 Å². The Balaban J connectivity index is 1.41. The number of pyridine rings is 1. The first kappa shape index (κ1) is 27.6. The van der Waals surface area contributed by atoms with Crippen molar-refractivity contribution < 1.29 is 0 Å². The molecule has 0 fully saturated rings. The second-order valence-corrected chi connectivity index (χ2v) is 9.88. The monoisotopic (exact) mass is 499 g/mol. The van der Waals surface area contributed by atoms with Gasteiger partial charge in [0.15, 0.2) is 5.82 Å². The van der Waals surface area contributed by atoms with Gasteiger partial charge >= 0.3 is 11.4 Å². The number of unbranched alkanes of at least 4 members (excludes halogenated alkanes) is 15. The molecular formula is C27H41N5O4. The molecule has 1 aromatic heterocycles. The fourth-order valence-corrected chi connectivity index (χ4v) is 4.90. The lowest BCUT2D eigenvalue weighted by molar-refractivity contribution is 0.522. The van der Waals surface area contributed by atoms with E-state index >= 15 is 0 Å². The highest BCUT2D eigenvalue weighted by molar-refractivity contribution is 5.81. The van der Waals surface area contributed by atoms with Crippen molar-refractivity contribution >= 4 is 11.0 Å². The highest BCUT2D eigenvalue weighted by Gasteiger charge is 2.18. The number of aryl methyl sites for hydroxylation is 1. The van der Waals surface area contributed by atoms with Crippen LogP contribution in [0.4, 0.5) is 0 Å². The molecule has 0 spiro atoms. The number of aromatic nitrogens is 5. The normalized spacial score (nSPS) is 11.6. The zero-order chi connectivity index (χ0) is 25.8. The molecule has 0 atom stereocenters. The Bertz CT molecular complexity index is 1280. The number of nitrogens with one attached hydrogen (secondary N) is 3. The summed E-state index contributed by atoms with van der Waals surface area (Å²) < 4.78 is 1.61. The van der Waals surface area contributed by atoms with Gasteiger partial charge in [-0.2, -0.15) is 4.98 Å². The van der Waals surface area contributed by atoms with Crippen LogP contribution in [0.15, 0.2) is 25.2 Å². The van der Waals surface area contributed by atoms with Crippen molar-refractivity contribution in [2.24, 2.45) is 0 Å². The van der Waals surface area contributed by atoms with Crippen LogP contribution >= 0.6 is 0 Å². The first-order valence-electron chi connectivity index (χ1n) is 13.8. The van der Waals surface area contributed by atoms with Crippen LogP contribution in [-0.4, -0.2) is 24.5 Å². The summed E-state index contributed by atoms with van der Waals surface area (Å²) in [7, 11) is 0. The molecule has 36 heavy (non-hydrogen) atoms. The smallest absolute Gasteiger partial charge is 0.311 e. The molecule has 1 aromatic rings. The van der Waals surface area contributed by atoms with E-state index in [-0.39, 0.29) is 22.4 Å². The van der Waals surface area contributed by atoms with Crippen LogP contribution in [0, 0.1) is 0 Å². The Morgan fingerprint density at radius 2 is 1.19 bits per heavy atom. The van der Waals surface area contributed by atoms with Crippen LogP contribution in [0.2, 0.25) is 0 Å². The maximum absolute atomic E-state index is 12.3. The molecule has 0 amide bonds. The molecule has 0 unspecified atom stereocenters. The number of hydrogen-bond donors (Lipinski definition) is 3. The third kappa shape index (κ3) is 8.03. The minimum atomic E-state index is -0.750. The molecule has 0 saturated carbocycles. The van der Waals surface area contributed by atoms with Crippen molar-refractivity contribution in [1.29, 1.82) is 0 Å². The van der Waals surface area contributed by atoms with Gasteiger partial charge in [-0.05, 0) is 12.5 Å². The molecule has 9 heteroatoms. The molecule has 2 aliphatic heterocycles. The van der Waals surface area contributed by atoms with Gasteiger partial charge in [-0.1, -0.05) is 103 Å². The van der Waals surface area contributed by atoms with Gasteiger partial charge in [0.05, 0.1) is 10.9 Å². The molecule has 0 aliphatic carbocycles. The topological polar surface area (TPSA) is 133 Å². The van der Waals surface area contributed by atoms with E-state index in [0.29, 0.717) is 6.54 Å². The van der Waals surface area contributed by atoms with Gasteiger partial charge in [-0.3, -0.25) is 24.5 Å². The third-order valence-electron chi connectivity index (χ3n) is 6.92. The summed E-state index contributed by atoms with van der Waals surface area (Å²) >= 11 is 0. The highest BCUT2D eigenvalue weighted by Crippen LogP contribution is 2.21. The quantitative estimate of drug-likeness (QED) is 0.181. The van der Waals surface area contributed by atoms with Gasteiger partial charge in [0.1, 0.15) is 5.65 Å². The summed E-state index contributed by atoms with van der Waals surface area (Å²) in [5.74, 6) is 0.179. The minimum Gasteiger partial charge on any atom is -0.311 e. The van der Waals surface area contributed by atoms with E-state index in [1.54, 1.807) is 4.57 Å². The predicted molar refractivity (Wildman–Crippen MR) is 144 cm³/mol. The predicted octanol–water partition coefficient (Wildman–Crippen LogP) is 4.83. The van der Waals surface area contributed by atoms with Crippen LogP contribution in [0.1, 0.15) is 110 Å². The molecule has 3 rings (SSSR count). The summed E-state index contributed by atoms with van der Waals surface area (Å²) in [4.78, 5) is 59.2. The average Bonchev–Trinajstić information content (AvgIpc) is 2.84. The van der Waals surface area contributed by atoms with Crippen LogP contribution in [0.5, 0.6) is 0 Å². The molecule has 9 nitrogen and oxygen atoms in total. The van der Waals surface area contributed by atoms with Crippen molar-refractivity contribution in [2.75, 3.05) is 0 Å². The minimum absolute atomic E-state index is 0.149. The Hall–Kier alpha value is -2.97. The number of fused-ring (bicyclic) bond motifs is 2. The first-order chi connectivity index (χ1) is 17.5. The Morgan fingerprint density at radius 3 is 1.75 bits per heavy atom. The number of aromatic amines is 3. The summed E-state index contributed by atoms with van der Waals surface area (Å²) in [6.07, 6.45) is 20.2. The maximum Gasteiger partial charge on any atom is 0.349 e. The van der Waals surface area contributed by atoms with Crippen LogP contribution in [-0.2, 0) is 6.54 Å². The van der Waals surface area contributed by atoms with Gasteiger partial charge in [0.2, 0.25) is 0 Å². The van der Waals surface area contributed by atoms with E-state index in [9.17, 15) is 19.2 Å². The summed E-state index contributed by atoms with van der Waals surface area (Å²) in [5, 5.41) is 0.185. The number of rotatable bonds is 17. The zero-order valence-electron chi connectivity index (χ0n) is 21.6. The van der Waals surface area contributed by atoms with E-state index in [1.807, 2.05) is 0 Å². The van der Waals surface area contributed by atoms with Crippen LogP contribution in [0.25, 0.3) is 22.4 Å². The summed E-state index contributed by atoms with van der Waals surface area (Å²) in [6.45, 7) is 2.70. The zero-order valence-corrected chi connectivity index (χ0v) is 21.6. The molecule has 0 aromatic carbocycles. The molecule has 3 heterocycles. The molecule has 2 aliphatic rings. The molecule has 3 N–H and O–H groups in total. The van der Waals surface area contributed by atoms with Crippen molar-refractivity contribution in [2.45, 2.75) is 116 Å². The van der Waals surface area contributed by atoms with Crippen molar-refractivity contribution in [3.05, 3.63) is 47.7 Å². The Labute approximate surface area is 211 Å². The second kappa shape index (κ2) is 14.6. The lowest BCUT2D eigenvalue weighted by Gasteiger charge is -2.16. The van der Waals surface area contributed by atoms with Crippen molar-refractivity contribution in [3.8, 4) is 11.4 Å². The van der Waals surface area contributed by atoms with Crippen molar-refractivity contribution in [3.63, 3.8) is 0 Å². The standard InChI is InChI=1S/C27H41N5O4/c1-2-3-4-5-6-7-8-9-10-11-12-13-14-15-16-17-18-32-22-20(24(33)30-26(35)28-22)19-21-23(32)29-27(36)31-25(21)34/h19H,2-18H2,1H3,(H,30,33,35)(H2,29,31,34,36). The van der Waals surface area contributed by atoms with E-state index < -0.39 is 22.5 Å². The molecule has 0 radical (unpaired) electrons. The second-order valence-electron chi connectivity index (χ2n) is 9.88. The van der Waals surface area contributed by atoms with E-state index in [2.05, 4.69) is 26.9 Å². The number of hydrogen-bond acceptors (Lipinski definition) is 5. The highest BCUT2D eigenvalue weighted by atomic mass is 16.2. The van der Waals surface area contributed by atoms with Gasteiger partial charge in [-0.15, -0.1) is 0 Å². The third-order valence-corrected chi connectivity index (χ3v) is 6.92. The Morgan fingerprint density at radius 1 is 0.667 bits per heavy atom. The molecular weight excluding hydrogens is 458 g/mol. The van der Waals surface area contributed by atoms with Gasteiger partial charge < -0.3 is 4.57 Å². The lowest BCUT2D eigenvalue weighted by atomic mass is 10.0. The fourth-order valence-electron chi connectivity index (χ4n) is 4.90. The first-order valence-corrected chi connectivity index (χ1v) is 13.8. The number of nitrogens with zero attached hydrogens (tertiary/aromatic N) is 2. The SMILES string of the molecule is CCCCCCCCCCCCCCCCCCn1c2nc(=O)[nH]c(=O)c-2cc2c(=O)[nH]c(=O)[nH]c21. The molecule has 198 valence electrons. The van der Waals surface area contributed by atoms with Gasteiger partial charge in [-0.25, -0.2) is 9.59 Å².